The molecule has 1 aromatic rings. The van der Waals surface area contributed by atoms with Gasteiger partial charge in [0.2, 0.25) is 5.69 Å². The van der Waals surface area contributed by atoms with Crippen LogP contribution in [0.2, 0.25) is 0 Å². The topological polar surface area (TPSA) is 19.7 Å². The fourth-order valence-corrected chi connectivity index (χ4v) is 1.05. The van der Waals surface area contributed by atoms with E-state index in [9.17, 15) is 0 Å². The van der Waals surface area contributed by atoms with Crippen LogP contribution in [0.4, 0.5) is 0 Å². The lowest BCUT2D eigenvalue weighted by Crippen LogP contribution is -2.33. The highest BCUT2D eigenvalue weighted by Gasteiger charge is 2.05. The molecular formula is C7H13N2+. The number of rotatable bonds is 1. The fourth-order valence-electron chi connectivity index (χ4n) is 1.05. The van der Waals surface area contributed by atoms with Gasteiger partial charge in [-0.1, -0.05) is 6.92 Å². The molecule has 0 aromatic carbocycles. The van der Waals surface area contributed by atoms with E-state index in [-0.39, 0.29) is 0 Å². The number of aromatic nitrogens is 2. The standard InChI is InChI=1S/C7H12N2/c1-4-7-5-6(2)8-9(7)3/h5H,4H2,1-3H3/p+1. The molecule has 50 valence electrons. The van der Waals surface area contributed by atoms with Crippen LogP contribution in [0.5, 0.6) is 0 Å². The zero-order valence-electron chi connectivity index (χ0n) is 6.23. The molecule has 0 saturated carbocycles. The number of nitrogens with zero attached hydrogens (tertiary/aromatic N) is 1. The number of hydrogen-bond donors (Lipinski definition) is 1. The van der Waals surface area contributed by atoms with Gasteiger partial charge in [-0.05, 0) is 6.92 Å². The van der Waals surface area contributed by atoms with Crippen molar-refractivity contribution in [2.75, 3.05) is 0 Å². The summed E-state index contributed by atoms with van der Waals surface area (Å²) in [5, 5.41) is 3.18. The van der Waals surface area contributed by atoms with E-state index in [4.69, 9.17) is 0 Å². The Bertz CT molecular complexity index is 201. The maximum absolute atomic E-state index is 3.18. The minimum absolute atomic E-state index is 1.10. The summed E-state index contributed by atoms with van der Waals surface area (Å²) in [4.78, 5) is 0. The number of nitrogens with one attached hydrogen (secondary N) is 1. The van der Waals surface area contributed by atoms with Crippen LogP contribution in [0.3, 0.4) is 0 Å². The summed E-state index contributed by atoms with van der Waals surface area (Å²) in [7, 11) is 2.03. The Labute approximate surface area is 55.5 Å². The summed E-state index contributed by atoms with van der Waals surface area (Å²) >= 11 is 0. The second kappa shape index (κ2) is 2.21. The fraction of sp³-hybridized carbons (Fsp3) is 0.571. The molecule has 0 amide bonds. The van der Waals surface area contributed by atoms with E-state index in [2.05, 4.69) is 29.7 Å². The first kappa shape index (κ1) is 6.33. The van der Waals surface area contributed by atoms with Crippen LogP contribution in [-0.4, -0.2) is 5.10 Å². The van der Waals surface area contributed by atoms with Crippen molar-refractivity contribution in [1.82, 2.24) is 5.10 Å². The van der Waals surface area contributed by atoms with Crippen molar-refractivity contribution in [3.8, 4) is 0 Å². The Balaban J connectivity index is 3.01. The van der Waals surface area contributed by atoms with Crippen LogP contribution in [0.15, 0.2) is 6.07 Å². The van der Waals surface area contributed by atoms with Crippen LogP contribution < -0.4 is 4.68 Å². The maximum Gasteiger partial charge on any atom is 0.207 e. The first-order chi connectivity index (χ1) is 4.24. The molecule has 1 N–H and O–H groups in total. The smallest absolute Gasteiger partial charge is 0.170 e. The van der Waals surface area contributed by atoms with Gasteiger partial charge in [-0.15, -0.1) is 4.68 Å². The van der Waals surface area contributed by atoms with E-state index in [0.29, 0.717) is 0 Å². The van der Waals surface area contributed by atoms with Crippen LogP contribution >= 0.6 is 0 Å². The van der Waals surface area contributed by atoms with E-state index in [1.807, 2.05) is 7.05 Å². The molecule has 9 heavy (non-hydrogen) atoms. The SMILES string of the molecule is CCc1cc(C)[nH][n+]1C. The summed E-state index contributed by atoms with van der Waals surface area (Å²) in [5.74, 6) is 0. The zero-order valence-corrected chi connectivity index (χ0v) is 6.23. The molecule has 0 radical (unpaired) electrons. The highest BCUT2D eigenvalue weighted by molar-refractivity contribution is 5.00. The minimum atomic E-state index is 1.10. The molecule has 0 saturated heterocycles. The van der Waals surface area contributed by atoms with Crippen LogP contribution in [0.25, 0.3) is 0 Å². The summed E-state index contributed by atoms with van der Waals surface area (Å²) in [6.07, 6.45) is 1.10. The molecule has 0 unspecified atom stereocenters. The number of hydrogen-bond acceptors (Lipinski definition) is 0. The quantitative estimate of drug-likeness (QED) is 0.533. The molecule has 2 heteroatoms. The van der Waals surface area contributed by atoms with Gasteiger partial charge in [0.1, 0.15) is 0 Å². The largest absolute Gasteiger partial charge is 0.207 e. The molecule has 0 fully saturated rings. The third-order valence-corrected chi connectivity index (χ3v) is 1.52. The van der Waals surface area contributed by atoms with Gasteiger partial charge in [-0.25, -0.2) is 0 Å². The van der Waals surface area contributed by atoms with E-state index in [1.54, 1.807) is 0 Å². The van der Waals surface area contributed by atoms with E-state index in [0.717, 1.165) is 6.42 Å². The zero-order chi connectivity index (χ0) is 6.85. The highest BCUT2D eigenvalue weighted by atomic mass is 15.3. The molecule has 1 heterocycles. The van der Waals surface area contributed by atoms with Crippen molar-refractivity contribution in [2.24, 2.45) is 7.05 Å². The lowest BCUT2D eigenvalue weighted by Gasteiger charge is -1.81. The summed E-state index contributed by atoms with van der Waals surface area (Å²) in [6, 6.07) is 2.17. The normalized spacial score (nSPS) is 10.1. The number of aryl methyl sites for hydroxylation is 3. The number of aromatic amines is 1. The average molecular weight is 125 g/mol. The molecule has 0 aliphatic rings. The third-order valence-electron chi connectivity index (χ3n) is 1.52. The Hall–Kier alpha value is -0.790. The van der Waals surface area contributed by atoms with E-state index >= 15 is 0 Å². The van der Waals surface area contributed by atoms with Crippen molar-refractivity contribution >= 4 is 0 Å². The Kier molecular flexibility index (Phi) is 1.56. The molecular weight excluding hydrogens is 112 g/mol. The van der Waals surface area contributed by atoms with E-state index in [1.165, 1.54) is 11.4 Å². The predicted octanol–water partition coefficient (Wildman–Crippen LogP) is 0.710. The van der Waals surface area contributed by atoms with Gasteiger partial charge in [0.05, 0.1) is 5.69 Å². The van der Waals surface area contributed by atoms with Gasteiger partial charge < -0.3 is 0 Å². The molecule has 0 spiro atoms. The minimum Gasteiger partial charge on any atom is -0.170 e. The maximum atomic E-state index is 3.18. The summed E-state index contributed by atoms with van der Waals surface area (Å²) in [6.45, 7) is 4.22. The van der Waals surface area contributed by atoms with Crippen LogP contribution in [0.1, 0.15) is 18.3 Å². The molecule has 0 bridgehead atoms. The van der Waals surface area contributed by atoms with Crippen molar-refractivity contribution < 1.29 is 4.68 Å². The van der Waals surface area contributed by atoms with Crippen molar-refractivity contribution in [3.05, 3.63) is 17.5 Å². The van der Waals surface area contributed by atoms with Gasteiger partial charge in [-0.2, -0.15) is 5.10 Å². The van der Waals surface area contributed by atoms with Gasteiger partial charge in [0, 0.05) is 12.5 Å². The molecule has 1 rings (SSSR count). The van der Waals surface area contributed by atoms with Crippen molar-refractivity contribution in [3.63, 3.8) is 0 Å². The molecule has 0 atom stereocenters. The Morgan fingerprint density at radius 2 is 2.33 bits per heavy atom. The average Bonchev–Trinajstić information content (AvgIpc) is 2.10. The third kappa shape index (κ3) is 1.12. The molecule has 2 nitrogen and oxygen atoms in total. The van der Waals surface area contributed by atoms with Crippen molar-refractivity contribution in [2.45, 2.75) is 20.3 Å². The monoisotopic (exact) mass is 125 g/mol. The molecule has 1 aromatic heterocycles. The molecule has 0 aliphatic carbocycles. The first-order valence-electron chi connectivity index (χ1n) is 3.28. The summed E-state index contributed by atoms with van der Waals surface area (Å²) in [5.41, 5.74) is 2.59. The van der Waals surface area contributed by atoms with Gasteiger partial charge in [-0.3, -0.25) is 0 Å². The van der Waals surface area contributed by atoms with E-state index < -0.39 is 0 Å². The first-order valence-corrected chi connectivity index (χ1v) is 3.28. The van der Waals surface area contributed by atoms with Gasteiger partial charge >= 0.3 is 0 Å². The van der Waals surface area contributed by atoms with Crippen LogP contribution in [-0.2, 0) is 13.5 Å². The summed E-state index contributed by atoms with van der Waals surface area (Å²) < 4.78 is 2.05. The molecule has 0 aliphatic heterocycles. The lowest BCUT2D eigenvalue weighted by atomic mass is 10.3. The van der Waals surface area contributed by atoms with Crippen LogP contribution in [0, 0.1) is 6.92 Å². The highest BCUT2D eigenvalue weighted by Crippen LogP contribution is 1.94. The second-order valence-electron chi connectivity index (χ2n) is 2.34. The predicted molar refractivity (Wildman–Crippen MR) is 36.1 cm³/mol. The van der Waals surface area contributed by atoms with Crippen molar-refractivity contribution in [1.29, 1.82) is 0 Å². The van der Waals surface area contributed by atoms with Gasteiger partial charge in [0.25, 0.3) is 0 Å². The Morgan fingerprint density at radius 1 is 1.67 bits per heavy atom. The Morgan fingerprint density at radius 3 is 2.56 bits per heavy atom. The number of H-pyrrole nitrogens is 1. The van der Waals surface area contributed by atoms with Gasteiger partial charge in [0.15, 0.2) is 7.05 Å². The second-order valence-corrected chi connectivity index (χ2v) is 2.34. The lowest BCUT2D eigenvalue weighted by molar-refractivity contribution is -0.733.